The molecule has 0 aliphatic heterocycles. The van der Waals surface area contributed by atoms with E-state index >= 15 is 0 Å². The summed E-state index contributed by atoms with van der Waals surface area (Å²) in [7, 11) is 0. The van der Waals surface area contributed by atoms with Crippen LogP contribution in [0.4, 0.5) is 0 Å². The number of nitrogens with two attached hydrogens (primary N) is 1. The van der Waals surface area contributed by atoms with E-state index in [9.17, 15) is 0 Å². The number of nitrogens with zero attached hydrogens (tertiary/aromatic N) is 1. The fraction of sp³-hybridized carbons (Fsp3) is 0.714. The Labute approximate surface area is 97.8 Å². The minimum atomic E-state index is 0.409. The first-order chi connectivity index (χ1) is 7.81. The molecular formula is C14H22N2. The highest BCUT2D eigenvalue weighted by molar-refractivity contribution is 5.42. The lowest BCUT2D eigenvalue weighted by molar-refractivity contribution is 0.545. The fourth-order valence-corrected chi connectivity index (χ4v) is 3.61. The van der Waals surface area contributed by atoms with E-state index in [2.05, 4.69) is 11.5 Å². The third-order valence-corrected chi connectivity index (χ3v) is 4.34. The highest BCUT2D eigenvalue weighted by Gasteiger charge is 2.27. The van der Waals surface area contributed by atoms with Gasteiger partial charge in [-0.05, 0) is 63.0 Å². The summed E-state index contributed by atoms with van der Waals surface area (Å²) in [4.78, 5) is 0. The maximum atomic E-state index is 6.12. The Morgan fingerprint density at radius 3 is 2.69 bits per heavy atom. The Hall–Kier alpha value is -0.760. The van der Waals surface area contributed by atoms with Gasteiger partial charge in [-0.15, -0.1) is 0 Å². The zero-order valence-corrected chi connectivity index (χ0v) is 10.3. The molecule has 0 amide bonds. The molecule has 88 valence electrons. The lowest BCUT2D eigenvalue weighted by Crippen LogP contribution is -2.28. The van der Waals surface area contributed by atoms with Gasteiger partial charge in [0.05, 0.1) is 0 Å². The molecular weight excluding hydrogens is 196 g/mol. The van der Waals surface area contributed by atoms with Crippen LogP contribution in [0.3, 0.4) is 0 Å². The van der Waals surface area contributed by atoms with Gasteiger partial charge in [-0.25, -0.2) is 0 Å². The summed E-state index contributed by atoms with van der Waals surface area (Å²) in [5.74, 6) is 0. The highest BCUT2D eigenvalue weighted by atomic mass is 15.0. The van der Waals surface area contributed by atoms with Crippen LogP contribution in [0.25, 0.3) is 0 Å². The van der Waals surface area contributed by atoms with Crippen molar-refractivity contribution < 1.29 is 0 Å². The first kappa shape index (κ1) is 10.4. The van der Waals surface area contributed by atoms with Crippen molar-refractivity contribution in [3.63, 3.8) is 0 Å². The number of hydrogen-bond donors (Lipinski definition) is 1. The van der Waals surface area contributed by atoms with E-state index < -0.39 is 0 Å². The maximum absolute atomic E-state index is 6.12. The monoisotopic (exact) mass is 218 g/mol. The number of rotatable bonds is 1. The van der Waals surface area contributed by atoms with Crippen LogP contribution >= 0.6 is 0 Å². The van der Waals surface area contributed by atoms with Gasteiger partial charge in [-0.1, -0.05) is 0 Å². The van der Waals surface area contributed by atoms with E-state index in [-0.39, 0.29) is 0 Å². The van der Waals surface area contributed by atoms with E-state index in [1.807, 2.05) is 0 Å². The predicted octanol–water partition coefficient (Wildman–Crippen LogP) is 2.20. The molecule has 0 aromatic carbocycles. The van der Waals surface area contributed by atoms with Crippen molar-refractivity contribution >= 4 is 0 Å². The van der Waals surface area contributed by atoms with Crippen molar-refractivity contribution in [1.29, 1.82) is 0 Å². The Balaban J connectivity index is 2.13. The summed E-state index contributed by atoms with van der Waals surface area (Å²) in [5.41, 5.74) is 12.7. The number of fused-ring (bicyclic) bond motifs is 3. The third-order valence-electron chi connectivity index (χ3n) is 4.34. The van der Waals surface area contributed by atoms with Gasteiger partial charge in [0, 0.05) is 24.0 Å². The zero-order chi connectivity index (χ0) is 11.1. The fourth-order valence-electron chi connectivity index (χ4n) is 3.61. The van der Waals surface area contributed by atoms with Gasteiger partial charge in [-0.2, -0.15) is 0 Å². The molecule has 0 saturated carbocycles. The van der Waals surface area contributed by atoms with Gasteiger partial charge in [0.1, 0.15) is 0 Å². The van der Waals surface area contributed by atoms with Crippen molar-refractivity contribution in [2.75, 3.05) is 0 Å². The second-order valence-electron chi connectivity index (χ2n) is 5.30. The van der Waals surface area contributed by atoms with Crippen LogP contribution in [0.15, 0.2) is 0 Å². The lowest BCUT2D eigenvalue weighted by atomic mass is 9.87. The molecule has 3 rings (SSSR count). The van der Waals surface area contributed by atoms with Gasteiger partial charge < -0.3 is 10.3 Å². The number of hydrogen-bond acceptors (Lipinski definition) is 1. The van der Waals surface area contributed by atoms with Crippen LogP contribution in [0, 0.1) is 0 Å². The first-order valence-corrected chi connectivity index (χ1v) is 6.78. The Kier molecular flexibility index (Phi) is 2.55. The largest absolute Gasteiger partial charge is 0.348 e. The summed E-state index contributed by atoms with van der Waals surface area (Å²) in [6.45, 7) is 3.43. The smallest absolute Gasteiger partial charge is 0.0213 e. The van der Waals surface area contributed by atoms with Gasteiger partial charge in [-0.3, -0.25) is 0 Å². The summed E-state index contributed by atoms with van der Waals surface area (Å²) in [6.07, 6.45) is 8.87. The van der Waals surface area contributed by atoms with Crippen molar-refractivity contribution in [2.45, 2.75) is 64.5 Å². The summed E-state index contributed by atoms with van der Waals surface area (Å²) in [5, 5.41) is 0. The minimum Gasteiger partial charge on any atom is -0.348 e. The molecule has 2 heteroatoms. The van der Waals surface area contributed by atoms with Crippen molar-refractivity contribution in [3.05, 3.63) is 22.5 Å². The molecule has 2 aliphatic rings. The summed E-state index contributed by atoms with van der Waals surface area (Å²) in [6, 6.07) is 0.409. The lowest BCUT2D eigenvalue weighted by Gasteiger charge is -2.21. The van der Waals surface area contributed by atoms with Crippen molar-refractivity contribution in [3.8, 4) is 0 Å². The molecule has 2 N–H and O–H groups in total. The zero-order valence-electron chi connectivity index (χ0n) is 10.3. The normalized spacial score (nSPS) is 24.0. The van der Waals surface area contributed by atoms with Gasteiger partial charge >= 0.3 is 0 Å². The minimum absolute atomic E-state index is 0.409. The van der Waals surface area contributed by atoms with Gasteiger partial charge in [0.2, 0.25) is 0 Å². The molecule has 2 aliphatic carbocycles. The molecule has 1 unspecified atom stereocenters. The molecule has 0 bridgehead atoms. The van der Waals surface area contributed by atoms with Crippen LogP contribution in [0.5, 0.6) is 0 Å². The van der Waals surface area contributed by atoms with Crippen molar-refractivity contribution in [1.82, 2.24) is 4.57 Å². The van der Waals surface area contributed by atoms with E-state index in [4.69, 9.17) is 5.73 Å². The van der Waals surface area contributed by atoms with Gasteiger partial charge in [0.15, 0.2) is 0 Å². The molecule has 0 radical (unpaired) electrons. The number of aromatic nitrogens is 1. The molecule has 1 heterocycles. The first-order valence-electron chi connectivity index (χ1n) is 6.78. The van der Waals surface area contributed by atoms with Gasteiger partial charge in [0.25, 0.3) is 0 Å². The average Bonchev–Trinajstić information content (AvgIpc) is 2.62. The highest BCUT2D eigenvalue weighted by Crippen LogP contribution is 2.34. The molecule has 0 saturated heterocycles. The Morgan fingerprint density at radius 1 is 1.12 bits per heavy atom. The van der Waals surface area contributed by atoms with Crippen LogP contribution in [0.1, 0.15) is 48.7 Å². The van der Waals surface area contributed by atoms with Crippen LogP contribution in [-0.4, -0.2) is 10.6 Å². The van der Waals surface area contributed by atoms with E-state index in [1.165, 1.54) is 38.5 Å². The second kappa shape index (κ2) is 3.92. The quantitative estimate of drug-likeness (QED) is 0.769. The van der Waals surface area contributed by atoms with E-state index in [1.54, 1.807) is 22.5 Å². The maximum Gasteiger partial charge on any atom is 0.0213 e. The average molecular weight is 218 g/mol. The molecule has 0 fully saturated rings. The molecule has 2 nitrogen and oxygen atoms in total. The summed E-state index contributed by atoms with van der Waals surface area (Å²) < 4.78 is 2.59. The van der Waals surface area contributed by atoms with Crippen molar-refractivity contribution in [2.24, 2.45) is 5.73 Å². The standard InChI is InChI=1S/C14H22N2/c1-2-16-13-6-4-3-5-11(13)12-9-10(15)7-8-14(12)16/h10H,2-9,15H2,1H3. The molecule has 0 spiro atoms. The van der Waals surface area contributed by atoms with E-state index in [0.29, 0.717) is 6.04 Å². The van der Waals surface area contributed by atoms with E-state index in [0.717, 1.165) is 13.0 Å². The topological polar surface area (TPSA) is 30.9 Å². The Morgan fingerprint density at radius 2 is 1.88 bits per heavy atom. The van der Waals surface area contributed by atoms with Crippen LogP contribution in [-0.2, 0) is 32.2 Å². The molecule has 1 atom stereocenters. The second-order valence-corrected chi connectivity index (χ2v) is 5.30. The Bertz CT molecular complexity index is 390. The predicted molar refractivity (Wildman–Crippen MR) is 66.7 cm³/mol. The van der Waals surface area contributed by atoms with Crippen LogP contribution in [0.2, 0.25) is 0 Å². The molecule has 16 heavy (non-hydrogen) atoms. The summed E-state index contributed by atoms with van der Waals surface area (Å²) >= 11 is 0. The molecule has 1 aromatic rings. The van der Waals surface area contributed by atoms with Crippen LogP contribution < -0.4 is 5.73 Å². The molecule has 1 aromatic heterocycles. The third kappa shape index (κ3) is 1.43. The SMILES string of the molecule is CCn1c2c(c3c1CCC(N)C3)CCCC2.